The Balaban J connectivity index is 2.01. The van der Waals surface area contributed by atoms with Crippen molar-refractivity contribution in [3.8, 4) is 11.8 Å². The van der Waals surface area contributed by atoms with Gasteiger partial charge in [0.1, 0.15) is 11.2 Å². The summed E-state index contributed by atoms with van der Waals surface area (Å²) in [6.07, 6.45) is 3.49. The molecule has 112 valence electrons. The average molecular weight is 287 g/mol. The molecule has 1 atom stereocenters. The van der Waals surface area contributed by atoms with Gasteiger partial charge in [-0.05, 0) is 31.7 Å². The number of aliphatic hydroxyl groups is 1. The highest BCUT2D eigenvalue weighted by Gasteiger charge is 2.55. The van der Waals surface area contributed by atoms with Crippen LogP contribution >= 0.6 is 0 Å². The zero-order chi connectivity index (χ0) is 14.9. The van der Waals surface area contributed by atoms with E-state index in [0.717, 1.165) is 24.2 Å². The number of nitriles is 1. The maximum atomic E-state index is 11.3. The highest BCUT2D eigenvalue weighted by Crippen LogP contribution is 2.51. The lowest BCUT2D eigenvalue weighted by Crippen LogP contribution is -2.55. The molecule has 4 heteroatoms. The number of ether oxygens (including phenoxy) is 2. The number of para-hydroxylation sites is 1. The largest absolute Gasteiger partial charge is 0.493 e. The van der Waals surface area contributed by atoms with E-state index < -0.39 is 11.0 Å². The van der Waals surface area contributed by atoms with Crippen molar-refractivity contribution in [2.24, 2.45) is 0 Å². The Kier molecular flexibility index (Phi) is 3.64. The van der Waals surface area contributed by atoms with Crippen LogP contribution in [0.25, 0.3) is 0 Å². The lowest BCUT2D eigenvalue weighted by atomic mass is 9.60. The number of hydrogen-bond acceptors (Lipinski definition) is 4. The van der Waals surface area contributed by atoms with Crippen molar-refractivity contribution in [1.29, 1.82) is 5.26 Å². The predicted octanol–water partition coefficient (Wildman–Crippen LogP) is 2.55. The third-order valence-electron chi connectivity index (χ3n) is 5.16. The van der Waals surface area contributed by atoms with E-state index in [-0.39, 0.29) is 6.10 Å². The summed E-state index contributed by atoms with van der Waals surface area (Å²) < 4.78 is 11.1. The predicted molar refractivity (Wildman–Crippen MR) is 78.1 cm³/mol. The quantitative estimate of drug-likeness (QED) is 0.908. The molecule has 1 unspecified atom stereocenters. The molecule has 0 aromatic heterocycles. The summed E-state index contributed by atoms with van der Waals surface area (Å²) in [6.45, 7) is 0.473. The molecule has 1 saturated carbocycles. The number of rotatable bonds is 2. The summed E-state index contributed by atoms with van der Waals surface area (Å²) >= 11 is 0. The standard InChI is InChI=1S/C17H21NO3/c1-20-13-6-8-17(19,9-7-13)16(12-18)10-11-21-15-5-3-2-4-14(15)16/h2-5,13,19H,6-11H2,1H3. The number of nitrogens with zero attached hydrogens (tertiary/aromatic N) is 1. The summed E-state index contributed by atoms with van der Waals surface area (Å²) in [5.74, 6) is 0.729. The van der Waals surface area contributed by atoms with Gasteiger partial charge in [-0.1, -0.05) is 18.2 Å². The lowest BCUT2D eigenvalue weighted by molar-refractivity contribution is -0.0878. The molecule has 0 bridgehead atoms. The minimum Gasteiger partial charge on any atom is -0.493 e. The molecule has 1 N–H and O–H groups in total. The second kappa shape index (κ2) is 5.32. The maximum absolute atomic E-state index is 11.3. The first-order valence-corrected chi connectivity index (χ1v) is 7.54. The van der Waals surface area contributed by atoms with Crippen molar-refractivity contribution in [2.75, 3.05) is 13.7 Å². The SMILES string of the molecule is COC1CCC(O)(C2(C#N)CCOc3ccccc32)CC1. The molecule has 1 aromatic carbocycles. The summed E-state index contributed by atoms with van der Waals surface area (Å²) in [7, 11) is 1.71. The van der Waals surface area contributed by atoms with Crippen LogP contribution in [0.4, 0.5) is 0 Å². The summed E-state index contributed by atoms with van der Waals surface area (Å²) in [6, 6.07) is 10.0. The fourth-order valence-electron chi connectivity index (χ4n) is 3.83. The van der Waals surface area contributed by atoms with Crippen LogP contribution in [0.2, 0.25) is 0 Å². The second-order valence-corrected chi connectivity index (χ2v) is 6.08. The van der Waals surface area contributed by atoms with E-state index in [1.165, 1.54) is 0 Å². The van der Waals surface area contributed by atoms with Crippen molar-refractivity contribution in [3.05, 3.63) is 29.8 Å². The monoisotopic (exact) mass is 287 g/mol. The summed E-state index contributed by atoms with van der Waals surface area (Å²) in [5, 5.41) is 21.2. The molecule has 1 heterocycles. The van der Waals surface area contributed by atoms with Gasteiger partial charge in [-0.25, -0.2) is 0 Å². The zero-order valence-electron chi connectivity index (χ0n) is 12.3. The third-order valence-corrected chi connectivity index (χ3v) is 5.16. The second-order valence-electron chi connectivity index (χ2n) is 6.08. The van der Waals surface area contributed by atoms with Crippen LogP contribution in [0.3, 0.4) is 0 Å². The van der Waals surface area contributed by atoms with Crippen molar-refractivity contribution in [2.45, 2.75) is 49.2 Å². The fraction of sp³-hybridized carbons (Fsp3) is 0.588. The van der Waals surface area contributed by atoms with Gasteiger partial charge in [0.2, 0.25) is 0 Å². The molecular formula is C17H21NO3. The molecule has 1 aliphatic heterocycles. The molecule has 0 amide bonds. The number of hydrogen-bond donors (Lipinski definition) is 1. The third kappa shape index (κ3) is 2.12. The average Bonchev–Trinajstić information content (AvgIpc) is 2.55. The summed E-state index contributed by atoms with van der Waals surface area (Å²) in [4.78, 5) is 0. The first kappa shape index (κ1) is 14.4. The van der Waals surface area contributed by atoms with Crippen LogP contribution in [0, 0.1) is 11.3 Å². The van der Waals surface area contributed by atoms with Gasteiger partial charge in [0.05, 0.1) is 24.4 Å². The van der Waals surface area contributed by atoms with E-state index in [1.807, 2.05) is 24.3 Å². The molecule has 4 nitrogen and oxygen atoms in total. The van der Waals surface area contributed by atoms with Crippen LogP contribution in [0.5, 0.6) is 5.75 Å². The molecule has 21 heavy (non-hydrogen) atoms. The fourth-order valence-corrected chi connectivity index (χ4v) is 3.83. The van der Waals surface area contributed by atoms with E-state index in [0.29, 0.717) is 25.9 Å². The minimum absolute atomic E-state index is 0.191. The molecule has 1 fully saturated rings. The van der Waals surface area contributed by atoms with Crippen LogP contribution < -0.4 is 4.74 Å². The van der Waals surface area contributed by atoms with Gasteiger partial charge in [0, 0.05) is 19.1 Å². The van der Waals surface area contributed by atoms with Crippen LogP contribution in [-0.2, 0) is 10.2 Å². The van der Waals surface area contributed by atoms with E-state index >= 15 is 0 Å². The van der Waals surface area contributed by atoms with Crippen LogP contribution in [0.1, 0.15) is 37.7 Å². The Morgan fingerprint density at radius 1 is 1.29 bits per heavy atom. The molecule has 1 aliphatic carbocycles. The van der Waals surface area contributed by atoms with Crippen molar-refractivity contribution < 1.29 is 14.6 Å². The Bertz CT molecular complexity index is 557. The minimum atomic E-state index is -1.00. The number of methoxy groups -OCH3 is 1. The normalized spacial score (nSPS) is 35.4. The highest BCUT2D eigenvalue weighted by atomic mass is 16.5. The number of benzene rings is 1. The maximum Gasteiger partial charge on any atom is 0.124 e. The molecule has 0 radical (unpaired) electrons. The van der Waals surface area contributed by atoms with E-state index in [2.05, 4.69) is 6.07 Å². The lowest BCUT2D eigenvalue weighted by Gasteiger charge is -2.48. The molecule has 0 saturated heterocycles. The zero-order valence-corrected chi connectivity index (χ0v) is 12.3. The van der Waals surface area contributed by atoms with Crippen molar-refractivity contribution >= 4 is 0 Å². The molecule has 1 aromatic rings. The topological polar surface area (TPSA) is 62.5 Å². The Hall–Kier alpha value is -1.57. The molecule has 2 aliphatic rings. The Labute approximate surface area is 125 Å². The first-order valence-electron chi connectivity index (χ1n) is 7.54. The van der Waals surface area contributed by atoms with E-state index in [9.17, 15) is 10.4 Å². The van der Waals surface area contributed by atoms with Gasteiger partial charge in [0.25, 0.3) is 0 Å². The van der Waals surface area contributed by atoms with Crippen LogP contribution in [0.15, 0.2) is 24.3 Å². The van der Waals surface area contributed by atoms with Gasteiger partial charge in [-0.15, -0.1) is 0 Å². The highest BCUT2D eigenvalue weighted by molar-refractivity contribution is 5.48. The van der Waals surface area contributed by atoms with E-state index in [1.54, 1.807) is 7.11 Å². The molecule has 3 rings (SSSR count). The van der Waals surface area contributed by atoms with Gasteiger partial charge in [-0.2, -0.15) is 5.26 Å². The van der Waals surface area contributed by atoms with Gasteiger partial charge < -0.3 is 14.6 Å². The van der Waals surface area contributed by atoms with E-state index in [4.69, 9.17) is 9.47 Å². The molecular weight excluding hydrogens is 266 g/mol. The Morgan fingerprint density at radius 2 is 2.00 bits per heavy atom. The smallest absolute Gasteiger partial charge is 0.124 e. The Morgan fingerprint density at radius 3 is 2.67 bits per heavy atom. The van der Waals surface area contributed by atoms with Crippen LogP contribution in [-0.4, -0.2) is 30.5 Å². The summed E-state index contributed by atoms with van der Waals surface area (Å²) in [5.41, 5.74) is -1.05. The number of fused-ring (bicyclic) bond motifs is 1. The van der Waals surface area contributed by atoms with Crippen molar-refractivity contribution in [3.63, 3.8) is 0 Å². The van der Waals surface area contributed by atoms with Gasteiger partial charge >= 0.3 is 0 Å². The first-order chi connectivity index (χ1) is 10.1. The van der Waals surface area contributed by atoms with Gasteiger partial charge in [0.15, 0.2) is 0 Å². The molecule has 0 spiro atoms. The van der Waals surface area contributed by atoms with Gasteiger partial charge in [-0.3, -0.25) is 0 Å². The van der Waals surface area contributed by atoms with Crippen molar-refractivity contribution in [1.82, 2.24) is 0 Å².